The fraction of sp³-hybridized carbons (Fsp3) is 0.429. The number of Topliss-reactive ketones (excluding diaryl/α,β-unsaturated/α-hetero) is 1. The number of aromatic nitrogens is 3. The molecule has 3 heterocycles. The highest BCUT2D eigenvalue weighted by Crippen LogP contribution is 2.47. The van der Waals surface area contributed by atoms with Crippen LogP contribution >= 0.6 is 11.8 Å². The molecule has 28 heavy (non-hydrogen) atoms. The van der Waals surface area contributed by atoms with Crippen molar-refractivity contribution in [2.75, 3.05) is 5.32 Å². The molecular formula is C21H24N4O2S. The topological polar surface area (TPSA) is 87.7 Å². The zero-order valence-corrected chi connectivity index (χ0v) is 17.3. The van der Waals surface area contributed by atoms with Crippen molar-refractivity contribution in [2.45, 2.75) is 50.4 Å². The molecule has 0 aromatic carbocycles. The largest absolute Gasteiger partial charge is 0.343 e. The Bertz CT molecular complexity index is 1010. The van der Waals surface area contributed by atoms with E-state index in [2.05, 4.69) is 54.0 Å². The summed E-state index contributed by atoms with van der Waals surface area (Å²) in [6.07, 6.45) is 5.99. The molecule has 7 heteroatoms. The molecular weight excluding hydrogens is 372 g/mol. The van der Waals surface area contributed by atoms with Gasteiger partial charge >= 0.3 is 0 Å². The maximum absolute atomic E-state index is 13.1. The number of carbonyl (C=O) groups excluding carboxylic acids is 1. The maximum Gasteiger partial charge on any atom is 0.257 e. The van der Waals surface area contributed by atoms with Gasteiger partial charge < -0.3 is 10.3 Å². The third kappa shape index (κ3) is 3.39. The third-order valence-corrected chi connectivity index (χ3v) is 5.98. The van der Waals surface area contributed by atoms with Crippen molar-refractivity contribution < 1.29 is 4.79 Å². The molecule has 2 aromatic rings. The van der Waals surface area contributed by atoms with Gasteiger partial charge in [-0.1, -0.05) is 51.6 Å². The summed E-state index contributed by atoms with van der Waals surface area (Å²) in [6, 6.07) is 3.76. The summed E-state index contributed by atoms with van der Waals surface area (Å²) in [6.45, 7) is 8.21. The van der Waals surface area contributed by atoms with Gasteiger partial charge in [-0.3, -0.25) is 14.6 Å². The van der Waals surface area contributed by atoms with Crippen LogP contribution in [0.15, 0.2) is 46.3 Å². The van der Waals surface area contributed by atoms with E-state index in [1.807, 2.05) is 12.1 Å². The van der Waals surface area contributed by atoms with E-state index in [1.54, 1.807) is 12.4 Å². The van der Waals surface area contributed by atoms with Gasteiger partial charge in [-0.05, 0) is 17.0 Å². The fourth-order valence-electron chi connectivity index (χ4n) is 4.12. The van der Waals surface area contributed by atoms with Gasteiger partial charge in [0.2, 0.25) is 0 Å². The van der Waals surface area contributed by atoms with Crippen LogP contribution in [0.2, 0.25) is 0 Å². The normalized spacial score (nSPS) is 22.9. The molecule has 2 aliphatic rings. The lowest BCUT2D eigenvalue weighted by Gasteiger charge is -2.40. The van der Waals surface area contributed by atoms with Crippen LogP contribution in [0.1, 0.15) is 51.2 Å². The second kappa shape index (κ2) is 6.88. The van der Waals surface area contributed by atoms with Crippen LogP contribution in [0.5, 0.6) is 0 Å². The lowest BCUT2D eigenvalue weighted by atomic mass is 9.67. The van der Waals surface area contributed by atoms with Crippen LogP contribution in [-0.2, 0) is 4.79 Å². The van der Waals surface area contributed by atoms with Crippen LogP contribution in [-0.4, -0.2) is 26.0 Å². The number of thioether (sulfide) groups is 1. The van der Waals surface area contributed by atoms with Crippen molar-refractivity contribution in [3.05, 3.63) is 57.8 Å². The molecule has 1 aliphatic carbocycles. The summed E-state index contributed by atoms with van der Waals surface area (Å²) in [5, 5.41) is 4.19. The van der Waals surface area contributed by atoms with Crippen molar-refractivity contribution >= 4 is 23.4 Å². The zero-order chi connectivity index (χ0) is 20.1. The van der Waals surface area contributed by atoms with Crippen molar-refractivity contribution in [3.8, 4) is 0 Å². The zero-order valence-electron chi connectivity index (χ0n) is 16.4. The maximum atomic E-state index is 13.1. The van der Waals surface area contributed by atoms with E-state index in [0.29, 0.717) is 28.2 Å². The number of ketones is 1. The van der Waals surface area contributed by atoms with E-state index in [0.717, 1.165) is 11.3 Å². The predicted octanol–water partition coefficient (Wildman–Crippen LogP) is 3.72. The van der Waals surface area contributed by atoms with Crippen LogP contribution in [0.4, 0.5) is 5.82 Å². The average molecular weight is 397 g/mol. The van der Waals surface area contributed by atoms with Gasteiger partial charge in [0.1, 0.15) is 11.6 Å². The molecule has 0 fully saturated rings. The summed E-state index contributed by atoms with van der Waals surface area (Å²) in [4.78, 5) is 38.0. The smallest absolute Gasteiger partial charge is 0.257 e. The second-order valence-electron chi connectivity index (χ2n) is 8.40. The molecule has 0 saturated carbocycles. The van der Waals surface area contributed by atoms with Crippen molar-refractivity contribution in [3.63, 3.8) is 0 Å². The molecule has 146 valence electrons. The Kier molecular flexibility index (Phi) is 4.65. The molecule has 0 unspecified atom stereocenters. The summed E-state index contributed by atoms with van der Waals surface area (Å²) >= 11 is 1.51. The van der Waals surface area contributed by atoms with Crippen molar-refractivity contribution in [1.82, 2.24) is 15.0 Å². The van der Waals surface area contributed by atoms with Gasteiger partial charge in [-0.15, -0.1) is 0 Å². The number of nitrogens with one attached hydrogen (secondary N) is 2. The van der Waals surface area contributed by atoms with Gasteiger partial charge in [0, 0.05) is 35.7 Å². The van der Waals surface area contributed by atoms with Crippen LogP contribution in [0.25, 0.3) is 0 Å². The number of H-pyrrole nitrogens is 1. The minimum atomic E-state index is -0.420. The second-order valence-corrected chi connectivity index (χ2v) is 9.96. The molecule has 0 bridgehead atoms. The summed E-state index contributed by atoms with van der Waals surface area (Å²) < 4.78 is 0. The molecule has 1 aliphatic heterocycles. The minimum absolute atomic E-state index is 0.134. The number of carbonyl (C=O) groups is 1. The fourth-order valence-corrected chi connectivity index (χ4v) is 4.86. The molecule has 4 rings (SSSR count). The quantitative estimate of drug-likeness (QED) is 0.607. The van der Waals surface area contributed by atoms with Gasteiger partial charge in [-0.2, -0.15) is 0 Å². The predicted molar refractivity (Wildman–Crippen MR) is 111 cm³/mol. The molecule has 0 spiro atoms. The highest BCUT2D eigenvalue weighted by atomic mass is 32.2. The summed E-state index contributed by atoms with van der Waals surface area (Å²) in [7, 11) is 0. The molecule has 0 amide bonds. The third-order valence-electron chi connectivity index (χ3n) is 5.09. The number of fused-ring (bicyclic) bond motifs is 2. The Labute approximate surface area is 168 Å². The lowest BCUT2D eigenvalue weighted by Crippen LogP contribution is -2.41. The highest BCUT2D eigenvalue weighted by Gasteiger charge is 2.45. The number of aromatic amines is 1. The Hall–Kier alpha value is -2.41. The van der Waals surface area contributed by atoms with Gasteiger partial charge in [0.05, 0.1) is 11.5 Å². The SMILES string of the molecule is CC(C)Sc1nc2c(c(=O)[nH]1)[C@H](c1cccnc1)[C@H]1C(=O)CC(C)(C)C=C1N2. The number of rotatable bonds is 3. The van der Waals surface area contributed by atoms with Crippen LogP contribution in [0, 0.1) is 11.3 Å². The number of hydrogen-bond acceptors (Lipinski definition) is 6. The summed E-state index contributed by atoms with van der Waals surface area (Å²) in [5.74, 6) is -0.145. The number of hydrogen-bond donors (Lipinski definition) is 2. The van der Waals surface area contributed by atoms with Crippen LogP contribution in [0.3, 0.4) is 0 Å². The van der Waals surface area contributed by atoms with Gasteiger partial charge in [-0.25, -0.2) is 4.98 Å². The minimum Gasteiger partial charge on any atom is -0.343 e. The van der Waals surface area contributed by atoms with E-state index >= 15 is 0 Å². The summed E-state index contributed by atoms with van der Waals surface area (Å²) in [5.41, 5.74) is 1.76. The molecule has 2 N–H and O–H groups in total. The van der Waals surface area contributed by atoms with E-state index in [-0.39, 0.29) is 16.8 Å². The van der Waals surface area contributed by atoms with Gasteiger partial charge in [0.25, 0.3) is 5.56 Å². The number of anilines is 1. The first-order valence-corrected chi connectivity index (χ1v) is 10.4. The van der Waals surface area contributed by atoms with Crippen molar-refractivity contribution in [1.29, 1.82) is 0 Å². The number of allylic oxidation sites excluding steroid dienone is 2. The van der Waals surface area contributed by atoms with E-state index in [1.165, 1.54) is 11.8 Å². The standard InChI is InChI=1S/C21H24N4O2S/c1-11(2)28-20-24-18-17(19(27)25-20)15(12-6-5-7-22-10-12)16-13(23-18)8-21(3,4)9-14(16)26/h5-8,10-11,15-16H,9H2,1-4H3,(H2,23,24,25,27)/t15-,16-/m1/s1. The number of nitrogens with zero attached hydrogens (tertiary/aromatic N) is 2. The molecule has 0 saturated heterocycles. The molecule has 2 atom stereocenters. The molecule has 6 nitrogen and oxygen atoms in total. The van der Waals surface area contributed by atoms with E-state index < -0.39 is 11.8 Å². The lowest BCUT2D eigenvalue weighted by molar-refractivity contribution is -0.124. The highest BCUT2D eigenvalue weighted by molar-refractivity contribution is 7.99. The van der Waals surface area contributed by atoms with Crippen molar-refractivity contribution in [2.24, 2.45) is 11.3 Å². The first-order chi connectivity index (χ1) is 13.2. The molecule has 0 radical (unpaired) electrons. The number of pyridine rings is 1. The monoisotopic (exact) mass is 396 g/mol. The van der Waals surface area contributed by atoms with E-state index in [4.69, 9.17) is 0 Å². The first-order valence-electron chi connectivity index (χ1n) is 9.48. The Morgan fingerprint density at radius 2 is 2.04 bits per heavy atom. The van der Waals surface area contributed by atoms with E-state index in [9.17, 15) is 9.59 Å². The average Bonchev–Trinajstić information content (AvgIpc) is 2.59. The van der Waals surface area contributed by atoms with Gasteiger partial charge in [0.15, 0.2) is 5.16 Å². The Morgan fingerprint density at radius 1 is 1.25 bits per heavy atom. The Balaban J connectivity index is 1.94. The van der Waals surface area contributed by atoms with Crippen LogP contribution < -0.4 is 10.9 Å². The Morgan fingerprint density at radius 3 is 2.71 bits per heavy atom. The molecule has 2 aromatic heterocycles. The first kappa shape index (κ1) is 18.9.